The Hall–Kier alpha value is -0.570. The number of ether oxygens (including phenoxy) is 1. The van der Waals surface area contributed by atoms with Gasteiger partial charge in [0.15, 0.2) is 5.96 Å². The molecule has 6 nitrogen and oxygen atoms in total. The highest BCUT2D eigenvalue weighted by Gasteiger charge is 2.23. The molecule has 1 amide bonds. The summed E-state index contributed by atoms with van der Waals surface area (Å²) in [5.41, 5.74) is 0. The van der Waals surface area contributed by atoms with Crippen LogP contribution in [0.25, 0.3) is 0 Å². The lowest BCUT2D eigenvalue weighted by Gasteiger charge is -2.24. The van der Waals surface area contributed by atoms with Crippen LogP contribution in [0.4, 0.5) is 0 Å². The van der Waals surface area contributed by atoms with Gasteiger partial charge in [-0.05, 0) is 19.3 Å². The van der Waals surface area contributed by atoms with Gasteiger partial charge in [0.25, 0.3) is 0 Å². The van der Waals surface area contributed by atoms with Crippen molar-refractivity contribution in [3.63, 3.8) is 0 Å². The number of nitrogens with zero attached hydrogens (tertiary/aromatic N) is 2. The van der Waals surface area contributed by atoms with Crippen LogP contribution in [0.3, 0.4) is 0 Å². The minimum atomic E-state index is 0. The van der Waals surface area contributed by atoms with E-state index in [0.29, 0.717) is 12.0 Å². The van der Waals surface area contributed by atoms with Crippen LogP contribution >= 0.6 is 24.0 Å². The maximum atomic E-state index is 11.6. The summed E-state index contributed by atoms with van der Waals surface area (Å²) < 4.78 is 5.37. The fourth-order valence-electron chi connectivity index (χ4n) is 2.25. The number of carbonyl (C=O) groups is 1. The highest BCUT2D eigenvalue weighted by molar-refractivity contribution is 14.0. The summed E-state index contributed by atoms with van der Waals surface area (Å²) in [5, 5.41) is 6.05. The Morgan fingerprint density at radius 2 is 2.15 bits per heavy atom. The van der Waals surface area contributed by atoms with Crippen molar-refractivity contribution >= 4 is 35.8 Å². The summed E-state index contributed by atoms with van der Waals surface area (Å²) in [5.74, 6) is 1.36. The van der Waals surface area contributed by atoms with E-state index in [1.807, 2.05) is 7.05 Å². The lowest BCUT2D eigenvalue weighted by molar-refractivity contribution is -0.120. The number of guanidine groups is 1. The molecule has 1 saturated heterocycles. The molecular weight excluding hydrogens is 371 g/mol. The molecule has 7 heteroatoms. The van der Waals surface area contributed by atoms with Crippen molar-refractivity contribution in [2.24, 2.45) is 10.9 Å². The molecule has 0 bridgehead atoms. The van der Waals surface area contributed by atoms with Crippen LogP contribution in [-0.2, 0) is 9.53 Å². The quantitative estimate of drug-likeness (QED) is 0.402. The molecule has 0 aromatic rings. The van der Waals surface area contributed by atoms with Gasteiger partial charge in [-0.2, -0.15) is 0 Å². The lowest BCUT2D eigenvalue weighted by Crippen LogP contribution is -2.45. The van der Waals surface area contributed by atoms with E-state index in [2.05, 4.69) is 20.5 Å². The average Bonchev–Trinajstić information content (AvgIpc) is 3.04. The van der Waals surface area contributed by atoms with E-state index < -0.39 is 0 Å². The van der Waals surface area contributed by atoms with Crippen molar-refractivity contribution in [1.29, 1.82) is 0 Å². The maximum Gasteiger partial charge on any atom is 0.239 e. The molecule has 1 atom stereocenters. The van der Waals surface area contributed by atoms with Gasteiger partial charge in [-0.3, -0.25) is 9.79 Å². The predicted molar refractivity (Wildman–Crippen MR) is 89.5 cm³/mol. The van der Waals surface area contributed by atoms with Crippen molar-refractivity contribution in [1.82, 2.24) is 15.5 Å². The molecule has 0 radical (unpaired) electrons. The molecule has 116 valence electrons. The molecule has 1 heterocycles. The Morgan fingerprint density at radius 1 is 1.40 bits per heavy atom. The number of nitrogens with one attached hydrogen (secondary N) is 2. The molecule has 1 aliphatic carbocycles. The number of hydrogen-bond acceptors (Lipinski definition) is 3. The largest absolute Gasteiger partial charge is 0.381 e. The van der Waals surface area contributed by atoms with Crippen LogP contribution in [0.1, 0.15) is 19.3 Å². The lowest BCUT2D eigenvalue weighted by atomic mass is 10.1. The van der Waals surface area contributed by atoms with E-state index in [-0.39, 0.29) is 36.4 Å². The second-order valence-electron chi connectivity index (χ2n) is 5.35. The van der Waals surface area contributed by atoms with Crippen LogP contribution in [0, 0.1) is 5.92 Å². The summed E-state index contributed by atoms with van der Waals surface area (Å²) in [6.45, 7) is 2.87. The van der Waals surface area contributed by atoms with Gasteiger partial charge < -0.3 is 20.3 Å². The van der Waals surface area contributed by atoms with Crippen LogP contribution in [0.5, 0.6) is 0 Å². The van der Waals surface area contributed by atoms with E-state index in [4.69, 9.17) is 4.74 Å². The number of halogens is 1. The first-order valence-corrected chi connectivity index (χ1v) is 6.98. The van der Waals surface area contributed by atoms with Gasteiger partial charge in [-0.25, -0.2) is 0 Å². The number of aliphatic imine (C=N–C) groups is 1. The first-order valence-electron chi connectivity index (χ1n) is 6.98. The smallest absolute Gasteiger partial charge is 0.239 e. The van der Waals surface area contributed by atoms with Crippen LogP contribution in [-0.4, -0.2) is 63.2 Å². The third-order valence-electron chi connectivity index (χ3n) is 3.48. The number of rotatable bonds is 5. The molecular formula is C13H25IN4O2. The molecule has 2 N–H and O–H groups in total. The van der Waals surface area contributed by atoms with Gasteiger partial charge in [0, 0.05) is 39.2 Å². The topological polar surface area (TPSA) is 66.0 Å². The molecule has 2 rings (SSSR count). The van der Waals surface area contributed by atoms with Crippen LogP contribution < -0.4 is 10.6 Å². The number of hydrogen-bond donors (Lipinski definition) is 2. The molecule has 1 saturated carbocycles. The zero-order valence-corrected chi connectivity index (χ0v) is 14.6. The standard InChI is InChI=1S/C13H24N4O2.HI/c1-14-13(15-7-12(18)16-11-3-4-11)17(2)8-10-5-6-19-9-10;/h10-11H,3-9H2,1-2H3,(H,14,15)(H,16,18);1H. The summed E-state index contributed by atoms with van der Waals surface area (Å²) in [6, 6.07) is 0.407. The highest BCUT2D eigenvalue weighted by Crippen LogP contribution is 2.18. The molecule has 1 aliphatic heterocycles. The normalized spacial score (nSPS) is 22.1. The van der Waals surface area contributed by atoms with Crippen molar-refractivity contribution in [2.75, 3.05) is 40.4 Å². The Bertz CT molecular complexity index is 341. The zero-order chi connectivity index (χ0) is 13.7. The fourth-order valence-corrected chi connectivity index (χ4v) is 2.25. The van der Waals surface area contributed by atoms with Crippen LogP contribution in [0.2, 0.25) is 0 Å². The number of amides is 1. The average molecular weight is 396 g/mol. The Labute approximate surface area is 137 Å². The molecule has 2 aliphatic rings. The Kier molecular flexibility index (Phi) is 7.57. The summed E-state index contributed by atoms with van der Waals surface area (Å²) in [7, 11) is 3.73. The maximum absolute atomic E-state index is 11.6. The van der Waals surface area contributed by atoms with E-state index in [9.17, 15) is 4.79 Å². The van der Waals surface area contributed by atoms with Gasteiger partial charge in [-0.15, -0.1) is 24.0 Å². The first kappa shape index (κ1) is 17.5. The van der Waals surface area contributed by atoms with Gasteiger partial charge in [-0.1, -0.05) is 0 Å². The SMILES string of the molecule is CN=C(NCC(=O)NC1CC1)N(C)CC1CCOC1.I. The van der Waals surface area contributed by atoms with Gasteiger partial charge in [0.2, 0.25) is 5.91 Å². The van der Waals surface area contributed by atoms with Crippen molar-refractivity contribution in [3.8, 4) is 0 Å². The van der Waals surface area contributed by atoms with Crippen molar-refractivity contribution in [2.45, 2.75) is 25.3 Å². The van der Waals surface area contributed by atoms with Crippen molar-refractivity contribution in [3.05, 3.63) is 0 Å². The highest BCUT2D eigenvalue weighted by atomic mass is 127. The molecule has 1 unspecified atom stereocenters. The minimum absolute atomic E-state index is 0. The molecule has 2 fully saturated rings. The van der Waals surface area contributed by atoms with E-state index in [1.54, 1.807) is 7.05 Å². The third-order valence-corrected chi connectivity index (χ3v) is 3.48. The van der Waals surface area contributed by atoms with E-state index in [1.165, 1.54) is 0 Å². The molecule has 0 aromatic heterocycles. The second-order valence-corrected chi connectivity index (χ2v) is 5.35. The molecule has 0 spiro atoms. The Morgan fingerprint density at radius 3 is 2.70 bits per heavy atom. The van der Waals surface area contributed by atoms with E-state index >= 15 is 0 Å². The predicted octanol–water partition coefficient (Wildman–Crippen LogP) is 0.427. The fraction of sp³-hybridized carbons (Fsp3) is 0.846. The van der Waals surface area contributed by atoms with Crippen LogP contribution in [0.15, 0.2) is 4.99 Å². The summed E-state index contributed by atoms with van der Waals surface area (Å²) in [4.78, 5) is 17.9. The zero-order valence-electron chi connectivity index (χ0n) is 12.2. The van der Waals surface area contributed by atoms with Gasteiger partial charge in [0.1, 0.15) is 0 Å². The summed E-state index contributed by atoms with van der Waals surface area (Å²) in [6.07, 6.45) is 3.33. The second kappa shape index (κ2) is 8.66. The van der Waals surface area contributed by atoms with Gasteiger partial charge in [0.05, 0.1) is 13.2 Å². The summed E-state index contributed by atoms with van der Waals surface area (Å²) >= 11 is 0. The monoisotopic (exact) mass is 396 g/mol. The minimum Gasteiger partial charge on any atom is -0.381 e. The van der Waals surface area contributed by atoms with Crippen molar-refractivity contribution < 1.29 is 9.53 Å². The third kappa shape index (κ3) is 5.82. The van der Waals surface area contributed by atoms with E-state index in [0.717, 1.165) is 45.0 Å². The number of carbonyl (C=O) groups excluding carboxylic acids is 1. The molecule has 0 aromatic carbocycles. The first-order chi connectivity index (χ1) is 9.19. The van der Waals surface area contributed by atoms with Gasteiger partial charge >= 0.3 is 0 Å². The Balaban J connectivity index is 0.00000200. The molecule has 20 heavy (non-hydrogen) atoms.